The molecule has 0 aliphatic carbocycles. The lowest BCUT2D eigenvalue weighted by Crippen LogP contribution is -2.37. The summed E-state index contributed by atoms with van der Waals surface area (Å²) < 4.78 is 53.9. The van der Waals surface area contributed by atoms with E-state index in [0.717, 1.165) is 16.1 Å². The van der Waals surface area contributed by atoms with Crippen LogP contribution in [0.4, 0.5) is 17.1 Å². The van der Waals surface area contributed by atoms with Gasteiger partial charge in [-0.1, -0.05) is 50.6 Å². The number of sulfonamides is 2. The van der Waals surface area contributed by atoms with Crippen molar-refractivity contribution in [2.45, 2.75) is 38.0 Å². The summed E-state index contributed by atoms with van der Waals surface area (Å²) in [5, 5.41) is 3.01. The Hall–Kier alpha value is -3.08. The van der Waals surface area contributed by atoms with E-state index < -0.39 is 32.5 Å². The summed E-state index contributed by atoms with van der Waals surface area (Å²) in [6.07, 6.45) is 1.03. The molecule has 0 aliphatic heterocycles. The molecule has 0 fully saturated rings. The van der Waals surface area contributed by atoms with Gasteiger partial charge in [-0.3, -0.25) is 13.8 Å². The van der Waals surface area contributed by atoms with Crippen LogP contribution in [-0.2, 0) is 30.3 Å². The van der Waals surface area contributed by atoms with Crippen LogP contribution in [0.2, 0.25) is 5.02 Å². The van der Waals surface area contributed by atoms with Gasteiger partial charge in [-0.25, -0.2) is 16.8 Å². The van der Waals surface area contributed by atoms with Gasteiger partial charge in [-0.2, -0.15) is 0 Å². The Morgan fingerprint density at radius 1 is 0.919 bits per heavy atom. The Labute approximate surface area is 223 Å². The van der Waals surface area contributed by atoms with Gasteiger partial charge in [0.15, 0.2) is 0 Å². The van der Waals surface area contributed by atoms with Crippen LogP contribution in [0.3, 0.4) is 0 Å². The smallest absolute Gasteiger partial charge is 0.261 e. The number of aryl methyl sites for hydroxylation is 1. The minimum absolute atomic E-state index is 0.0124. The van der Waals surface area contributed by atoms with Gasteiger partial charge < -0.3 is 5.32 Å². The third-order valence-electron chi connectivity index (χ3n) is 5.60. The van der Waals surface area contributed by atoms with Gasteiger partial charge in [0.05, 0.1) is 22.5 Å². The summed E-state index contributed by atoms with van der Waals surface area (Å²) in [6, 6.07) is 17.5. The molecule has 11 heteroatoms. The molecule has 37 heavy (non-hydrogen) atoms. The molecule has 1 amide bonds. The fourth-order valence-electron chi connectivity index (χ4n) is 3.48. The highest BCUT2D eigenvalue weighted by Gasteiger charge is 2.22. The quantitative estimate of drug-likeness (QED) is 0.393. The first-order valence-corrected chi connectivity index (χ1v) is 15.0. The summed E-state index contributed by atoms with van der Waals surface area (Å²) >= 11 is 5.97. The number of hydrogen-bond donors (Lipinski definition) is 2. The predicted octanol–water partition coefficient (Wildman–Crippen LogP) is 5.15. The molecule has 0 saturated carbocycles. The topological polar surface area (TPSA) is 113 Å². The molecule has 0 atom stereocenters. The maximum atomic E-state index is 12.8. The van der Waals surface area contributed by atoms with E-state index in [-0.39, 0.29) is 10.3 Å². The van der Waals surface area contributed by atoms with E-state index >= 15 is 0 Å². The number of nitrogens with one attached hydrogen (secondary N) is 2. The SMILES string of the molecule is Cc1ccc(Cl)cc1NS(=O)(=O)c1ccc(NC(=O)CN(c2ccc(C(C)(C)C)cc2)S(C)(=O)=O)cc1. The van der Waals surface area contributed by atoms with Crippen molar-refractivity contribution in [3.05, 3.63) is 82.9 Å². The zero-order valence-corrected chi connectivity index (χ0v) is 23.6. The Kier molecular flexibility index (Phi) is 8.26. The van der Waals surface area contributed by atoms with Crippen molar-refractivity contribution in [1.82, 2.24) is 0 Å². The summed E-state index contributed by atoms with van der Waals surface area (Å²) in [5.41, 5.74) is 2.69. The maximum absolute atomic E-state index is 12.8. The number of nitrogens with zero attached hydrogens (tertiary/aromatic N) is 1. The molecule has 198 valence electrons. The van der Waals surface area contributed by atoms with Crippen LogP contribution < -0.4 is 14.3 Å². The third kappa shape index (κ3) is 7.47. The van der Waals surface area contributed by atoms with Gasteiger partial charge in [0.2, 0.25) is 15.9 Å². The first kappa shape index (κ1) is 28.5. The molecule has 0 unspecified atom stereocenters. The predicted molar refractivity (Wildman–Crippen MR) is 149 cm³/mol. The van der Waals surface area contributed by atoms with E-state index in [1.165, 1.54) is 30.3 Å². The van der Waals surface area contributed by atoms with Crippen LogP contribution in [0.5, 0.6) is 0 Å². The lowest BCUT2D eigenvalue weighted by Gasteiger charge is -2.24. The largest absolute Gasteiger partial charge is 0.325 e. The van der Waals surface area contributed by atoms with Crippen molar-refractivity contribution < 1.29 is 21.6 Å². The highest BCUT2D eigenvalue weighted by atomic mass is 35.5. The van der Waals surface area contributed by atoms with Gasteiger partial charge in [0.1, 0.15) is 6.54 Å². The molecule has 0 heterocycles. The number of amides is 1. The number of hydrogen-bond acceptors (Lipinski definition) is 5. The molecule has 0 aliphatic rings. The van der Waals surface area contributed by atoms with Gasteiger partial charge in [-0.05, 0) is 72.0 Å². The molecular weight excluding hydrogens is 534 g/mol. The molecule has 8 nitrogen and oxygen atoms in total. The number of carbonyl (C=O) groups excluding carboxylic acids is 1. The molecule has 0 spiro atoms. The number of anilines is 3. The van der Waals surface area contributed by atoms with Gasteiger partial charge >= 0.3 is 0 Å². The standard InChI is InChI=1S/C26H30ClN3O5S2/c1-18-6-9-20(27)16-24(18)29-37(34,35)23-14-10-21(11-15-23)28-25(31)17-30(36(5,32)33)22-12-7-19(8-13-22)26(2,3)4/h6-16,29H,17H2,1-5H3,(H,28,31). The lowest BCUT2D eigenvalue weighted by molar-refractivity contribution is -0.114. The van der Waals surface area contributed by atoms with Crippen molar-refractivity contribution in [2.75, 3.05) is 27.1 Å². The minimum atomic E-state index is -3.90. The second-order valence-corrected chi connectivity index (χ2v) is 13.7. The molecule has 2 N–H and O–H groups in total. The molecule has 0 aromatic heterocycles. The number of halogens is 1. The second kappa shape index (κ2) is 10.7. The summed E-state index contributed by atoms with van der Waals surface area (Å²) in [6.45, 7) is 7.47. The zero-order valence-electron chi connectivity index (χ0n) is 21.2. The van der Waals surface area contributed by atoms with Crippen LogP contribution in [-0.4, -0.2) is 35.5 Å². The summed E-state index contributed by atoms with van der Waals surface area (Å²) in [7, 11) is -7.64. The first-order chi connectivity index (χ1) is 17.1. The average molecular weight is 564 g/mol. The van der Waals surface area contributed by atoms with Crippen LogP contribution in [0.15, 0.2) is 71.6 Å². The molecule has 3 aromatic carbocycles. The van der Waals surface area contributed by atoms with E-state index in [1.54, 1.807) is 31.2 Å². The van der Waals surface area contributed by atoms with E-state index in [4.69, 9.17) is 11.6 Å². The Balaban J connectivity index is 1.73. The molecule has 0 saturated heterocycles. The van der Waals surface area contributed by atoms with Crippen molar-refractivity contribution in [3.63, 3.8) is 0 Å². The van der Waals surface area contributed by atoms with Crippen molar-refractivity contribution in [2.24, 2.45) is 0 Å². The van der Waals surface area contributed by atoms with Crippen LogP contribution in [0, 0.1) is 6.92 Å². The minimum Gasteiger partial charge on any atom is -0.325 e. The first-order valence-electron chi connectivity index (χ1n) is 11.3. The number of carbonyl (C=O) groups is 1. The molecule has 0 radical (unpaired) electrons. The van der Waals surface area contributed by atoms with Gasteiger partial charge in [0, 0.05) is 10.7 Å². The van der Waals surface area contributed by atoms with E-state index in [1.807, 2.05) is 12.1 Å². The number of benzene rings is 3. The average Bonchev–Trinajstić information content (AvgIpc) is 2.79. The molecular formula is C26H30ClN3O5S2. The highest BCUT2D eigenvalue weighted by molar-refractivity contribution is 7.92. The zero-order chi connectivity index (χ0) is 27.6. The molecule has 0 bridgehead atoms. The highest BCUT2D eigenvalue weighted by Crippen LogP contribution is 2.27. The fourth-order valence-corrected chi connectivity index (χ4v) is 5.63. The van der Waals surface area contributed by atoms with E-state index in [0.29, 0.717) is 27.6 Å². The molecule has 3 aromatic rings. The van der Waals surface area contributed by atoms with E-state index in [2.05, 4.69) is 30.8 Å². The summed E-state index contributed by atoms with van der Waals surface area (Å²) in [5.74, 6) is -0.575. The Morgan fingerprint density at radius 3 is 2.05 bits per heavy atom. The monoisotopic (exact) mass is 563 g/mol. The normalized spacial score (nSPS) is 12.2. The fraction of sp³-hybridized carbons (Fsp3) is 0.269. The van der Waals surface area contributed by atoms with Crippen LogP contribution in [0.25, 0.3) is 0 Å². The Bertz CT molecular complexity index is 1500. The maximum Gasteiger partial charge on any atom is 0.261 e. The third-order valence-corrected chi connectivity index (χ3v) is 8.36. The number of rotatable bonds is 8. The second-order valence-electron chi connectivity index (χ2n) is 9.70. The molecule has 3 rings (SSSR count). The van der Waals surface area contributed by atoms with Crippen LogP contribution >= 0.6 is 11.6 Å². The van der Waals surface area contributed by atoms with Gasteiger partial charge in [0.25, 0.3) is 10.0 Å². The summed E-state index contributed by atoms with van der Waals surface area (Å²) in [4.78, 5) is 12.7. The van der Waals surface area contributed by atoms with Crippen molar-refractivity contribution in [3.8, 4) is 0 Å². The Morgan fingerprint density at radius 2 is 1.51 bits per heavy atom. The van der Waals surface area contributed by atoms with Crippen molar-refractivity contribution >= 4 is 54.6 Å². The van der Waals surface area contributed by atoms with Crippen molar-refractivity contribution in [1.29, 1.82) is 0 Å². The van der Waals surface area contributed by atoms with Crippen LogP contribution in [0.1, 0.15) is 31.9 Å². The van der Waals surface area contributed by atoms with E-state index in [9.17, 15) is 21.6 Å². The van der Waals surface area contributed by atoms with Gasteiger partial charge in [-0.15, -0.1) is 0 Å². The lowest BCUT2D eigenvalue weighted by atomic mass is 9.87.